The molecule has 2 heterocycles. The average molecular weight is 370 g/mol. The number of anilines is 1. The molecule has 7 heteroatoms. The minimum Gasteiger partial charge on any atom is -0.457 e. The molecule has 0 atom stereocenters. The molecule has 0 spiro atoms. The van der Waals surface area contributed by atoms with Gasteiger partial charge in [-0.1, -0.05) is 24.3 Å². The SMILES string of the molecule is O=C(CN1C(=O)CSc2ccccc21)OCc1nc2ccccc2s1. The van der Waals surface area contributed by atoms with E-state index in [2.05, 4.69) is 4.98 Å². The fraction of sp³-hybridized carbons (Fsp3) is 0.167. The molecule has 0 N–H and O–H groups in total. The molecular weight excluding hydrogens is 356 g/mol. The van der Waals surface area contributed by atoms with Crippen LogP contribution in [0.4, 0.5) is 5.69 Å². The summed E-state index contributed by atoms with van der Waals surface area (Å²) in [6.45, 7) is 0.0396. The maximum absolute atomic E-state index is 12.2. The molecule has 1 aromatic heterocycles. The number of thiazole rings is 1. The number of hydrogen-bond donors (Lipinski definition) is 0. The van der Waals surface area contributed by atoms with E-state index in [1.165, 1.54) is 28.0 Å². The van der Waals surface area contributed by atoms with E-state index in [0.29, 0.717) is 5.75 Å². The van der Waals surface area contributed by atoms with Crippen molar-refractivity contribution in [3.8, 4) is 0 Å². The second kappa shape index (κ2) is 6.85. The van der Waals surface area contributed by atoms with Gasteiger partial charge in [0, 0.05) is 4.90 Å². The minimum absolute atomic E-state index is 0.0820. The van der Waals surface area contributed by atoms with Crippen molar-refractivity contribution >= 4 is 50.9 Å². The van der Waals surface area contributed by atoms with Crippen molar-refractivity contribution in [2.24, 2.45) is 0 Å². The lowest BCUT2D eigenvalue weighted by Gasteiger charge is -2.27. The third kappa shape index (κ3) is 3.38. The number of thioether (sulfide) groups is 1. The van der Waals surface area contributed by atoms with E-state index in [1.807, 2.05) is 48.5 Å². The fourth-order valence-electron chi connectivity index (χ4n) is 2.63. The first kappa shape index (κ1) is 16.1. The molecule has 0 unspecified atom stereocenters. The smallest absolute Gasteiger partial charge is 0.326 e. The summed E-state index contributed by atoms with van der Waals surface area (Å²) in [7, 11) is 0. The van der Waals surface area contributed by atoms with Gasteiger partial charge in [-0.2, -0.15) is 0 Å². The lowest BCUT2D eigenvalue weighted by atomic mass is 10.2. The van der Waals surface area contributed by atoms with Crippen LogP contribution in [0.2, 0.25) is 0 Å². The molecule has 3 aromatic rings. The number of carbonyl (C=O) groups is 2. The van der Waals surface area contributed by atoms with Gasteiger partial charge in [0.25, 0.3) is 0 Å². The summed E-state index contributed by atoms with van der Waals surface area (Å²) in [6, 6.07) is 15.4. The quantitative estimate of drug-likeness (QED) is 0.658. The molecule has 126 valence electrons. The van der Waals surface area contributed by atoms with E-state index in [-0.39, 0.29) is 19.1 Å². The molecule has 0 aliphatic carbocycles. The van der Waals surface area contributed by atoms with Crippen LogP contribution in [0, 0.1) is 0 Å². The summed E-state index contributed by atoms with van der Waals surface area (Å²) in [4.78, 5) is 31.3. The number of amides is 1. The van der Waals surface area contributed by atoms with Gasteiger partial charge in [-0.15, -0.1) is 23.1 Å². The zero-order valence-electron chi connectivity index (χ0n) is 13.2. The zero-order valence-corrected chi connectivity index (χ0v) is 14.8. The van der Waals surface area contributed by atoms with Gasteiger partial charge < -0.3 is 4.74 Å². The first-order valence-electron chi connectivity index (χ1n) is 7.73. The van der Waals surface area contributed by atoms with Crippen molar-refractivity contribution in [3.05, 3.63) is 53.5 Å². The number of ether oxygens (including phenoxy) is 1. The van der Waals surface area contributed by atoms with Crippen molar-refractivity contribution < 1.29 is 14.3 Å². The van der Waals surface area contributed by atoms with Crippen molar-refractivity contribution in [1.82, 2.24) is 4.98 Å². The van der Waals surface area contributed by atoms with Crippen LogP contribution in [0.3, 0.4) is 0 Å². The lowest BCUT2D eigenvalue weighted by Crippen LogP contribution is -2.39. The van der Waals surface area contributed by atoms with Gasteiger partial charge >= 0.3 is 5.97 Å². The molecule has 0 fully saturated rings. The van der Waals surface area contributed by atoms with E-state index >= 15 is 0 Å². The fourth-order valence-corrected chi connectivity index (χ4v) is 4.44. The Hall–Kier alpha value is -2.38. The Kier molecular flexibility index (Phi) is 4.42. The number of hydrogen-bond acceptors (Lipinski definition) is 6. The first-order valence-corrected chi connectivity index (χ1v) is 9.53. The van der Waals surface area contributed by atoms with Crippen LogP contribution in [0.1, 0.15) is 5.01 Å². The van der Waals surface area contributed by atoms with Crippen molar-refractivity contribution in [1.29, 1.82) is 0 Å². The van der Waals surface area contributed by atoms with E-state index in [1.54, 1.807) is 0 Å². The molecule has 0 radical (unpaired) electrons. The highest BCUT2D eigenvalue weighted by Crippen LogP contribution is 2.34. The molecule has 4 rings (SSSR count). The van der Waals surface area contributed by atoms with Gasteiger partial charge in [0.2, 0.25) is 5.91 Å². The van der Waals surface area contributed by atoms with Crippen LogP contribution >= 0.6 is 23.1 Å². The highest BCUT2D eigenvalue weighted by Gasteiger charge is 2.26. The second-order valence-corrected chi connectivity index (χ2v) is 7.60. The summed E-state index contributed by atoms with van der Waals surface area (Å²) in [5.41, 5.74) is 1.66. The number of benzene rings is 2. The lowest BCUT2D eigenvalue weighted by molar-refractivity contribution is -0.144. The zero-order chi connectivity index (χ0) is 17.2. The average Bonchev–Trinajstić information content (AvgIpc) is 3.05. The monoisotopic (exact) mass is 370 g/mol. The number of para-hydroxylation sites is 2. The standard InChI is InChI=1S/C18H14N2O3S2/c21-17-11-24-15-8-4-2-6-13(15)20(17)9-18(22)23-10-16-19-12-5-1-3-7-14(12)25-16/h1-8H,9-11H2. The summed E-state index contributed by atoms with van der Waals surface area (Å²) in [6.07, 6.45) is 0. The van der Waals surface area contributed by atoms with Crippen LogP contribution in [-0.2, 0) is 20.9 Å². The largest absolute Gasteiger partial charge is 0.457 e. The van der Waals surface area contributed by atoms with E-state index < -0.39 is 5.97 Å². The summed E-state index contributed by atoms with van der Waals surface area (Å²) in [5, 5.41) is 0.746. The van der Waals surface area contributed by atoms with Crippen LogP contribution in [-0.4, -0.2) is 29.2 Å². The molecule has 1 aliphatic heterocycles. The second-order valence-electron chi connectivity index (χ2n) is 5.47. The topological polar surface area (TPSA) is 59.5 Å². The molecule has 5 nitrogen and oxygen atoms in total. The molecule has 0 saturated heterocycles. The Labute approximate surface area is 152 Å². The van der Waals surface area contributed by atoms with Gasteiger partial charge in [0.1, 0.15) is 18.2 Å². The number of esters is 1. The Morgan fingerprint density at radius 3 is 2.84 bits per heavy atom. The first-order chi connectivity index (χ1) is 12.2. The molecule has 2 aromatic carbocycles. The molecule has 1 amide bonds. The predicted molar refractivity (Wildman–Crippen MR) is 98.9 cm³/mol. The summed E-state index contributed by atoms with van der Waals surface area (Å²) < 4.78 is 6.39. The Balaban J connectivity index is 1.43. The molecule has 0 bridgehead atoms. The molecule has 0 saturated carbocycles. The number of aromatic nitrogens is 1. The van der Waals surface area contributed by atoms with Gasteiger partial charge in [0.05, 0.1) is 21.7 Å². The maximum atomic E-state index is 12.2. The Morgan fingerprint density at radius 1 is 1.16 bits per heavy atom. The highest BCUT2D eigenvalue weighted by atomic mass is 32.2. The van der Waals surface area contributed by atoms with E-state index in [9.17, 15) is 9.59 Å². The van der Waals surface area contributed by atoms with Gasteiger partial charge in [-0.25, -0.2) is 4.98 Å². The van der Waals surface area contributed by atoms with Crippen molar-refractivity contribution in [2.75, 3.05) is 17.2 Å². The van der Waals surface area contributed by atoms with Gasteiger partial charge in [0.15, 0.2) is 0 Å². The van der Waals surface area contributed by atoms with E-state index in [0.717, 1.165) is 25.8 Å². The summed E-state index contributed by atoms with van der Waals surface area (Å²) >= 11 is 2.99. The van der Waals surface area contributed by atoms with E-state index in [4.69, 9.17) is 4.74 Å². The van der Waals surface area contributed by atoms with Crippen LogP contribution in [0.25, 0.3) is 10.2 Å². The van der Waals surface area contributed by atoms with Crippen LogP contribution in [0.5, 0.6) is 0 Å². The highest BCUT2D eigenvalue weighted by molar-refractivity contribution is 8.00. The number of fused-ring (bicyclic) bond motifs is 2. The number of carbonyl (C=O) groups excluding carboxylic acids is 2. The van der Waals surface area contributed by atoms with Gasteiger partial charge in [-0.05, 0) is 24.3 Å². The molecular formula is C18H14N2O3S2. The predicted octanol–water partition coefficient (Wildman–Crippen LogP) is 3.48. The summed E-state index contributed by atoms with van der Waals surface area (Å²) in [5.74, 6) is -0.183. The van der Waals surface area contributed by atoms with Crippen LogP contribution < -0.4 is 4.90 Å². The third-order valence-electron chi connectivity index (χ3n) is 3.79. The van der Waals surface area contributed by atoms with Gasteiger partial charge in [-0.3, -0.25) is 14.5 Å². The van der Waals surface area contributed by atoms with Crippen LogP contribution in [0.15, 0.2) is 53.4 Å². The van der Waals surface area contributed by atoms with Crippen molar-refractivity contribution in [2.45, 2.75) is 11.5 Å². The number of rotatable bonds is 4. The molecule has 25 heavy (non-hydrogen) atoms. The molecule has 1 aliphatic rings. The van der Waals surface area contributed by atoms with Crippen molar-refractivity contribution in [3.63, 3.8) is 0 Å². The maximum Gasteiger partial charge on any atom is 0.326 e. The Morgan fingerprint density at radius 2 is 1.96 bits per heavy atom. The third-order valence-corrected chi connectivity index (χ3v) is 5.85. The Bertz CT molecular complexity index is 921. The minimum atomic E-state index is -0.436. The normalized spacial score (nSPS) is 13.8. The number of nitrogens with zero attached hydrogens (tertiary/aromatic N) is 2.